The molecule has 0 saturated heterocycles. The molecular formula is C11H16. The van der Waals surface area contributed by atoms with Gasteiger partial charge in [0.2, 0.25) is 0 Å². The van der Waals surface area contributed by atoms with Gasteiger partial charge in [-0.1, -0.05) is 44.1 Å². The highest BCUT2D eigenvalue weighted by molar-refractivity contribution is 5.21. The summed E-state index contributed by atoms with van der Waals surface area (Å²) in [6, 6.07) is 0. The van der Waals surface area contributed by atoms with Crippen molar-refractivity contribution in [2.45, 2.75) is 32.6 Å². The molecule has 0 aliphatic heterocycles. The molecule has 0 aromatic heterocycles. The zero-order valence-corrected chi connectivity index (χ0v) is 7.22. The summed E-state index contributed by atoms with van der Waals surface area (Å²) in [4.78, 5) is 0. The van der Waals surface area contributed by atoms with Gasteiger partial charge in [0.25, 0.3) is 0 Å². The molecule has 2 aliphatic rings. The Labute approximate surface area is 69.0 Å². The molecule has 0 spiro atoms. The lowest BCUT2D eigenvalue weighted by Gasteiger charge is -2.28. The van der Waals surface area contributed by atoms with Gasteiger partial charge in [-0.2, -0.15) is 0 Å². The maximum Gasteiger partial charge on any atom is 0.000663 e. The lowest BCUT2D eigenvalue weighted by molar-refractivity contribution is 0.279. The molecule has 0 atom stereocenters. The summed E-state index contributed by atoms with van der Waals surface area (Å²) < 4.78 is 0. The summed E-state index contributed by atoms with van der Waals surface area (Å²) >= 11 is 0. The Balaban J connectivity index is 2.12. The maximum atomic E-state index is 2.44. The first-order valence-electron chi connectivity index (χ1n) is 4.66. The van der Waals surface area contributed by atoms with E-state index in [9.17, 15) is 0 Å². The summed E-state index contributed by atoms with van der Waals surface area (Å²) in [6.07, 6.45) is 14.8. The molecule has 0 aromatic carbocycles. The Hall–Kier alpha value is -0.520. The van der Waals surface area contributed by atoms with Crippen LogP contribution in [0.2, 0.25) is 0 Å². The van der Waals surface area contributed by atoms with Gasteiger partial charge in [0, 0.05) is 5.92 Å². The molecule has 0 bridgehead atoms. The van der Waals surface area contributed by atoms with Gasteiger partial charge in [0.05, 0.1) is 0 Å². The first-order valence-corrected chi connectivity index (χ1v) is 4.66. The van der Waals surface area contributed by atoms with E-state index in [1.54, 1.807) is 0 Å². The Morgan fingerprint density at radius 3 is 2.18 bits per heavy atom. The predicted octanol–water partition coefficient (Wildman–Crippen LogP) is 3.31. The van der Waals surface area contributed by atoms with Gasteiger partial charge in [-0.05, 0) is 18.3 Å². The van der Waals surface area contributed by atoms with Crippen molar-refractivity contribution in [3.05, 3.63) is 24.3 Å². The van der Waals surface area contributed by atoms with Crippen LogP contribution in [0.25, 0.3) is 0 Å². The molecule has 0 radical (unpaired) electrons. The van der Waals surface area contributed by atoms with Gasteiger partial charge in [0.1, 0.15) is 0 Å². The van der Waals surface area contributed by atoms with Gasteiger partial charge in [0.15, 0.2) is 0 Å². The molecule has 60 valence electrons. The minimum atomic E-state index is 0.601. The van der Waals surface area contributed by atoms with E-state index in [0.717, 1.165) is 5.92 Å². The van der Waals surface area contributed by atoms with Crippen LogP contribution in [-0.4, -0.2) is 0 Å². The molecule has 0 N–H and O–H groups in total. The maximum absolute atomic E-state index is 2.44. The summed E-state index contributed by atoms with van der Waals surface area (Å²) in [5, 5.41) is 0. The van der Waals surface area contributed by atoms with E-state index in [0.29, 0.717) is 5.41 Å². The Morgan fingerprint density at radius 1 is 1.09 bits per heavy atom. The number of hydrogen-bond donors (Lipinski definition) is 0. The molecule has 2 rings (SSSR count). The molecule has 0 nitrogen and oxygen atoms in total. The van der Waals surface area contributed by atoms with Crippen LogP contribution >= 0.6 is 0 Å². The van der Waals surface area contributed by atoms with Crippen molar-refractivity contribution in [3.63, 3.8) is 0 Å². The van der Waals surface area contributed by atoms with Crippen LogP contribution in [0.1, 0.15) is 32.6 Å². The molecule has 2 aliphatic carbocycles. The standard InChI is InChI=1S/C11H16/c1-11(8-4-5-9-11)10-6-2-3-7-10/h2-3,6-7,10H,4-5,8-9H2,1H3. The summed E-state index contributed by atoms with van der Waals surface area (Å²) in [7, 11) is 0. The fraction of sp³-hybridized carbons (Fsp3) is 0.636. The van der Waals surface area contributed by atoms with Crippen LogP contribution < -0.4 is 0 Å². The largest absolute Gasteiger partial charge is 0.0771 e. The number of rotatable bonds is 1. The van der Waals surface area contributed by atoms with E-state index in [4.69, 9.17) is 0 Å². The van der Waals surface area contributed by atoms with Crippen LogP contribution in [0.5, 0.6) is 0 Å². The lowest BCUT2D eigenvalue weighted by Crippen LogP contribution is -2.19. The first-order chi connectivity index (χ1) is 5.31. The van der Waals surface area contributed by atoms with Crippen molar-refractivity contribution in [2.75, 3.05) is 0 Å². The molecule has 0 heterocycles. The SMILES string of the molecule is CC1(C2C=CC=C2)CCCC1. The lowest BCUT2D eigenvalue weighted by atomic mass is 9.76. The van der Waals surface area contributed by atoms with E-state index < -0.39 is 0 Å². The van der Waals surface area contributed by atoms with Crippen molar-refractivity contribution >= 4 is 0 Å². The molecule has 1 saturated carbocycles. The Morgan fingerprint density at radius 2 is 1.64 bits per heavy atom. The third-order valence-electron chi connectivity index (χ3n) is 3.30. The highest BCUT2D eigenvalue weighted by Crippen LogP contribution is 2.45. The highest BCUT2D eigenvalue weighted by atomic mass is 14.4. The number of hydrogen-bond acceptors (Lipinski definition) is 0. The second-order valence-corrected chi connectivity index (χ2v) is 4.16. The van der Waals surface area contributed by atoms with E-state index in [-0.39, 0.29) is 0 Å². The minimum absolute atomic E-state index is 0.601. The van der Waals surface area contributed by atoms with E-state index >= 15 is 0 Å². The van der Waals surface area contributed by atoms with Crippen molar-refractivity contribution in [2.24, 2.45) is 11.3 Å². The van der Waals surface area contributed by atoms with Crippen LogP contribution in [0.15, 0.2) is 24.3 Å². The third-order valence-corrected chi connectivity index (χ3v) is 3.30. The molecule has 1 fully saturated rings. The predicted molar refractivity (Wildman–Crippen MR) is 48.3 cm³/mol. The second-order valence-electron chi connectivity index (χ2n) is 4.16. The van der Waals surface area contributed by atoms with Crippen LogP contribution in [0.4, 0.5) is 0 Å². The quantitative estimate of drug-likeness (QED) is 0.535. The number of allylic oxidation sites excluding steroid dienone is 4. The third kappa shape index (κ3) is 1.15. The average Bonchev–Trinajstić information content (AvgIpc) is 2.55. The van der Waals surface area contributed by atoms with E-state index in [1.165, 1.54) is 25.7 Å². The molecule has 0 amide bonds. The smallest absolute Gasteiger partial charge is 0.000663 e. The van der Waals surface area contributed by atoms with Crippen LogP contribution in [-0.2, 0) is 0 Å². The van der Waals surface area contributed by atoms with Gasteiger partial charge in [-0.15, -0.1) is 0 Å². The van der Waals surface area contributed by atoms with Gasteiger partial charge in [-0.3, -0.25) is 0 Å². The topological polar surface area (TPSA) is 0 Å². The normalized spacial score (nSPS) is 28.5. The Bertz CT molecular complexity index is 180. The zero-order chi connectivity index (χ0) is 7.73. The van der Waals surface area contributed by atoms with E-state index in [1.807, 2.05) is 0 Å². The Kier molecular flexibility index (Phi) is 1.63. The molecule has 11 heavy (non-hydrogen) atoms. The van der Waals surface area contributed by atoms with Gasteiger partial charge in [-0.25, -0.2) is 0 Å². The monoisotopic (exact) mass is 148 g/mol. The fourth-order valence-corrected chi connectivity index (χ4v) is 2.41. The molecule has 0 heteroatoms. The van der Waals surface area contributed by atoms with Gasteiger partial charge >= 0.3 is 0 Å². The minimum Gasteiger partial charge on any atom is -0.0771 e. The van der Waals surface area contributed by atoms with E-state index in [2.05, 4.69) is 31.2 Å². The van der Waals surface area contributed by atoms with Crippen molar-refractivity contribution in [1.82, 2.24) is 0 Å². The molecular weight excluding hydrogens is 132 g/mol. The van der Waals surface area contributed by atoms with Crippen molar-refractivity contribution in [1.29, 1.82) is 0 Å². The van der Waals surface area contributed by atoms with Crippen molar-refractivity contribution < 1.29 is 0 Å². The molecule has 0 aromatic rings. The van der Waals surface area contributed by atoms with Crippen LogP contribution in [0, 0.1) is 11.3 Å². The summed E-state index contributed by atoms with van der Waals surface area (Å²) in [6.45, 7) is 2.44. The summed E-state index contributed by atoms with van der Waals surface area (Å²) in [5.74, 6) is 0.741. The highest BCUT2D eigenvalue weighted by Gasteiger charge is 2.34. The fourth-order valence-electron chi connectivity index (χ4n) is 2.41. The zero-order valence-electron chi connectivity index (χ0n) is 7.22. The van der Waals surface area contributed by atoms with Crippen molar-refractivity contribution in [3.8, 4) is 0 Å². The average molecular weight is 148 g/mol. The second kappa shape index (κ2) is 2.51. The van der Waals surface area contributed by atoms with Gasteiger partial charge < -0.3 is 0 Å². The van der Waals surface area contributed by atoms with Crippen LogP contribution in [0.3, 0.4) is 0 Å². The first kappa shape index (κ1) is 7.15. The summed E-state index contributed by atoms with van der Waals surface area (Å²) in [5.41, 5.74) is 0.601. The molecule has 0 unspecified atom stereocenters.